The fourth-order valence-corrected chi connectivity index (χ4v) is 2.71. The number of nitrogens with one attached hydrogen (secondary N) is 2. The molecular formula is C13H15F3N6O. The zero-order valence-electron chi connectivity index (χ0n) is 12.1. The molecule has 0 radical (unpaired) electrons. The molecule has 2 aromatic rings. The Labute approximate surface area is 129 Å². The number of alkyl halides is 3. The monoisotopic (exact) mass is 328 g/mol. The van der Waals surface area contributed by atoms with Gasteiger partial charge in [0.25, 0.3) is 0 Å². The maximum absolute atomic E-state index is 12.2. The summed E-state index contributed by atoms with van der Waals surface area (Å²) in [6.45, 7) is -0.316. The van der Waals surface area contributed by atoms with Crippen molar-refractivity contribution in [3.8, 4) is 0 Å². The summed E-state index contributed by atoms with van der Waals surface area (Å²) in [5.74, 6) is -0.471. The third kappa shape index (κ3) is 3.51. The van der Waals surface area contributed by atoms with Crippen LogP contribution in [-0.4, -0.2) is 51.7 Å². The van der Waals surface area contributed by atoms with E-state index in [9.17, 15) is 18.0 Å². The number of halogens is 3. The van der Waals surface area contributed by atoms with Gasteiger partial charge in [-0.3, -0.25) is 4.79 Å². The molecule has 10 heteroatoms. The van der Waals surface area contributed by atoms with Gasteiger partial charge in [0, 0.05) is 13.1 Å². The number of piperidine rings is 1. The minimum atomic E-state index is -4.40. The number of aromatic nitrogens is 4. The Kier molecular flexibility index (Phi) is 4.05. The molecule has 0 aromatic carbocycles. The molecule has 1 aliphatic rings. The fraction of sp³-hybridized carbons (Fsp3) is 0.538. The number of anilines is 1. The van der Waals surface area contributed by atoms with Crippen LogP contribution in [0.3, 0.4) is 0 Å². The molecule has 23 heavy (non-hydrogen) atoms. The third-order valence-corrected chi connectivity index (χ3v) is 3.76. The van der Waals surface area contributed by atoms with Gasteiger partial charge >= 0.3 is 6.18 Å². The number of carbonyl (C=O) groups is 1. The molecule has 0 bridgehead atoms. The molecule has 1 saturated heterocycles. The number of imidazole rings is 1. The number of H-pyrrole nitrogens is 1. The van der Waals surface area contributed by atoms with Crippen LogP contribution in [0.4, 0.5) is 19.0 Å². The van der Waals surface area contributed by atoms with E-state index < -0.39 is 24.5 Å². The minimum Gasteiger partial charge on any atom is -0.354 e. The molecule has 3 rings (SSSR count). The number of hydrogen-bond acceptors (Lipinski definition) is 5. The summed E-state index contributed by atoms with van der Waals surface area (Å²) in [5.41, 5.74) is 1.17. The third-order valence-electron chi connectivity index (χ3n) is 3.76. The van der Waals surface area contributed by atoms with Crippen LogP contribution in [0, 0.1) is 5.92 Å². The molecule has 1 aliphatic heterocycles. The van der Waals surface area contributed by atoms with Crippen LogP contribution in [0.5, 0.6) is 0 Å². The lowest BCUT2D eigenvalue weighted by Gasteiger charge is -2.32. The SMILES string of the molecule is O=C(NCC(F)(F)F)C1CCCN(c2ncnc3nc[nH]c23)C1. The van der Waals surface area contributed by atoms with Gasteiger partial charge in [-0.1, -0.05) is 0 Å². The van der Waals surface area contributed by atoms with Crippen LogP contribution in [0.15, 0.2) is 12.7 Å². The first-order valence-corrected chi connectivity index (χ1v) is 7.17. The minimum absolute atomic E-state index is 0.314. The largest absolute Gasteiger partial charge is 0.405 e. The average molecular weight is 328 g/mol. The van der Waals surface area contributed by atoms with Crippen molar-refractivity contribution < 1.29 is 18.0 Å². The Morgan fingerprint density at radius 1 is 1.39 bits per heavy atom. The molecular weight excluding hydrogens is 313 g/mol. The summed E-state index contributed by atoms with van der Waals surface area (Å²) in [4.78, 5) is 29.1. The number of nitrogens with zero attached hydrogens (tertiary/aromatic N) is 4. The van der Waals surface area contributed by atoms with Gasteiger partial charge in [0.2, 0.25) is 5.91 Å². The van der Waals surface area contributed by atoms with Gasteiger partial charge in [0.15, 0.2) is 11.5 Å². The average Bonchev–Trinajstić information content (AvgIpc) is 3.00. The van der Waals surface area contributed by atoms with E-state index in [1.165, 1.54) is 12.7 Å². The van der Waals surface area contributed by atoms with Gasteiger partial charge in [0.1, 0.15) is 18.4 Å². The summed E-state index contributed by atoms with van der Waals surface area (Å²) < 4.78 is 36.6. The smallest absolute Gasteiger partial charge is 0.354 e. The number of carbonyl (C=O) groups excluding carboxylic acids is 1. The van der Waals surface area contributed by atoms with Crippen molar-refractivity contribution in [2.75, 3.05) is 24.5 Å². The van der Waals surface area contributed by atoms with E-state index in [-0.39, 0.29) is 0 Å². The Bertz CT molecular complexity index is 700. The van der Waals surface area contributed by atoms with E-state index >= 15 is 0 Å². The first kappa shape index (κ1) is 15.5. The van der Waals surface area contributed by atoms with Crippen molar-refractivity contribution in [2.45, 2.75) is 19.0 Å². The van der Waals surface area contributed by atoms with Gasteiger partial charge < -0.3 is 15.2 Å². The molecule has 2 N–H and O–H groups in total. The molecule has 1 amide bonds. The number of fused-ring (bicyclic) bond motifs is 1. The summed E-state index contributed by atoms with van der Waals surface area (Å²) in [7, 11) is 0. The lowest BCUT2D eigenvalue weighted by atomic mass is 9.97. The second kappa shape index (κ2) is 6.01. The summed E-state index contributed by atoms with van der Waals surface area (Å²) in [5, 5.41) is 1.95. The topological polar surface area (TPSA) is 86.8 Å². The summed E-state index contributed by atoms with van der Waals surface area (Å²) in [6, 6.07) is 0. The Morgan fingerprint density at radius 3 is 3.00 bits per heavy atom. The van der Waals surface area contributed by atoms with Crippen molar-refractivity contribution in [3.05, 3.63) is 12.7 Å². The zero-order valence-corrected chi connectivity index (χ0v) is 12.1. The number of rotatable bonds is 3. The molecule has 0 spiro atoms. The predicted molar refractivity (Wildman–Crippen MR) is 75.7 cm³/mol. The molecule has 2 aromatic heterocycles. The Morgan fingerprint density at radius 2 is 2.22 bits per heavy atom. The zero-order chi connectivity index (χ0) is 16.4. The number of aromatic amines is 1. The highest BCUT2D eigenvalue weighted by Crippen LogP contribution is 2.26. The molecule has 0 saturated carbocycles. The van der Waals surface area contributed by atoms with Gasteiger partial charge in [-0.15, -0.1) is 0 Å². The molecule has 0 aliphatic carbocycles. The van der Waals surface area contributed by atoms with Gasteiger partial charge in [-0.25, -0.2) is 15.0 Å². The first-order chi connectivity index (χ1) is 10.9. The highest BCUT2D eigenvalue weighted by Gasteiger charge is 2.32. The van der Waals surface area contributed by atoms with Crippen molar-refractivity contribution in [3.63, 3.8) is 0 Å². The molecule has 3 heterocycles. The van der Waals surface area contributed by atoms with E-state index in [0.717, 1.165) is 0 Å². The lowest BCUT2D eigenvalue weighted by Crippen LogP contribution is -2.45. The highest BCUT2D eigenvalue weighted by atomic mass is 19.4. The van der Waals surface area contributed by atoms with Crippen molar-refractivity contribution in [2.24, 2.45) is 5.92 Å². The van der Waals surface area contributed by atoms with E-state index in [1.54, 1.807) is 0 Å². The Hall–Kier alpha value is -2.39. The van der Waals surface area contributed by atoms with E-state index in [2.05, 4.69) is 19.9 Å². The van der Waals surface area contributed by atoms with Crippen LogP contribution in [0.25, 0.3) is 11.2 Å². The summed E-state index contributed by atoms with van der Waals surface area (Å²) >= 11 is 0. The molecule has 124 valence electrons. The van der Waals surface area contributed by atoms with E-state index in [4.69, 9.17) is 0 Å². The fourth-order valence-electron chi connectivity index (χ4n) is 2.71. The summed E-state index contributed by atoms with van der Waals surface area (Å²) in [6.07, 6.45) is -0.272. The number of amides is 1. The Balaban J connectivity index is 1.71. The van der Waals surface area contributed by atoms with Crippen LogP contribution in [-0.2, 0) is 4.79 Å². The van der Waals surface area contributed by atoms with Crippen molar-refractivity contribution in [1.82, 2.24) is 25.3 Å². The molecule has 1 unspecified atom stereocenters. The molecule has 7 nitrogen and oxygen atoms in total. The van der Waals surface area contributed by atoms with Crippen LogP contribution in [0.2, 0.25) is 0 Å². The maximum Gasteiger partial charge on any atom is 0.405 e. The molecule has 1 atom stereocenters. The van der Waals surface area contributed by atoms with Gasteiger partial charge in [0.05, 0.1) is 12.2 Å². The van der Waals surface area contributed by atoms with Crippen LogP contribution in [0.1, 0.15) is 12.8 Å². The van der Waals surface area contributed by atoms with Crippen molar-refractivity contribution >= 4 is 22.9 Å². The number of hydrogen-bond donors (Lipinski definition) is 2. The van der Waals surface area contributed by atoms with Crippen LogP contribution < -0.4 is 10.2 Å². The normalized spacial score (nSPS) is 19.1. The second-order valence-corrected chi connectivity index (χ2v) is 5.42. The first-order valence-electron chi connectivity index (χ1n) is 7.17. The van der Waals surface area contributed by atoms with E-state index in [0.29, 0.717) is 42.9 Å². The molecule has 1 fully saturated rings. The quantitative estimate of drug-likeness (QED) is 0.885. The van der Waals surface area contributed by atoms with Crippen molar-refractivity contribution in [1.29, 1.82) is 0 Å². The van der Waals surface area contributed by atoms with Gasteiger partial charge in [-0.05, 0) is 12.8 Å². The predicted octanol–water partition coefficient (Wildman–Crippen LogP) is 1.25. The standard InChI is InChI=1S/C13H15F3N6O/c14-13(15,16)5-17-12(23)8-2-1-3-22(4-8)11-9-10(19-6-18-9)20-7-21-11/h6-8H,1-5H2,(H,17,23)(H,18,19,20,21). The maximum atomic E-state index is 12.2. The second-order valence-electron chi connectivity index (χ2n) is 5.42. The van der Waals surface area contributed by atoms with Gasteiger partial charge in [-0.2, -0.15) is 13.2 Å². The van der Waals surface area contributed by atoms with Crippen LogP contribution >= 0.6 is 0 Å². The lowest BCUT2D eigenvalue weighted by molar-refractivity contribution is -0.140. The van der Waals surface area contributed by atoms with E-state index in [1.807, 2.05) is 10.2 Å². The highest BCUT2D eigenvalue weighted by molar-refractivity contribution is 5.84.